The van der Waals surface area contributed by atoms with Crippen molar-refractivity contribution in [3.8, 4) is 5.75 Å². The first kappa shape index (κ1) is 42.6. The van der Waals surface area contributed by atoms with E-state index in [0.717, 1.165) is 44.2 Å². The first-order valence-electron chi connectivity index (χ1n) is 17.8. The second kappa shape index (κ2) is 14.7. The Hall–Kier alpha value is -5.02. The summed E-state index contributed by atoms with van der Waals surface area (Å²) in [6.07, 6.45) is -20.3. The maximum Gasteiger partial charge on any atom is 0.432 e. The average molecular weight is 821 g/mol. The highest BCUT2D eigenvalue weighted by atomic mass is 19.4. The fourth-order valence-corrected chi connectivity index (χ4v) is 8.45. The highest BCUT2D eigenvalue weighted by molar-refractivity contribution is 6.29. The number of aliphatic hydroxyl groups excluding tert-OH is 3. The topological polar surface area (TPSA) is 253 Å². The van der Waals surface area contributed by atoms with Crippen molar-refractivity contribution in [3.05, 3.63) is 87.5 Å². The van der Waals surface area contributed by atoms with Crippen molar-refractivity contribution in [2.45, 2.75) is 106 Å². The lowest BCUT2D eigenvalue weighted by atomic mass is 9.54. The zero-order chi connectivity index (χ0) is 43.0. The second-order valence-corrected chi connectivity index (χ2v) is 14.5. The molecule has 1 fully saturated rings. The van der Waals surface area contributed by atoms with Crippen molar-refractivity contribution in [1.82, 2.24) is 0 Å². The van der Waals surface area contributed by atoms with Gasteiger partial charge >= 0.3 is 24.1 Å². The molecule has 0 unspecified atom stereocenters. The van der Waals surface area contributed by atoms with Crippen LogP contribution < -0.4 is 0 Å². The first-order chi connectivity index (χ1) is 27.0. The van der Waals surface area contributed by atoms with Gasteiger partial charge in [0.1, 0.15) is 30.2 Å². The summed E-state index contributed by atoms with van der Waals surface area (Å²) in [7, 11) is 0.652. The van der Waals surface area contributed by atoms with Crippen LogP contribution >= 0.6 is 0 Å². The van der Waals surface area contributed by atoms with E-state index in [9.17, 15) is 67.8 Å². The van der Waals surface area contributed by atoms with Gasteiger partial charge in [0, 0.05) is 55.2 Å². The van der Waals surface area contributed by atoms with Gasteiger partial charge in [0.15, 0.2) is 35.0 Å². The molecule has 0 aromatic heterocycles. The molecule has 19 heteroatoms. The van der Waals surface area contributed by atoms with E-state index in [2.05, 4.69) is 0 Å². The summed E-state index contributed by atoms with van der Waals surface area (Å²) < 4.78 is 70.2. The molecule has 4 aliphatic rings. The van der Waals surface area contributed by atoms with Gasteiger partial charge in [-0.1, -0.05) is 42.5 Å². The Bertz CT molecular complexity index is 2130. The van der Waals surface area contributed by atoms with E-state index in [4.69, 9.17) is 23.7 Å². The number of Topliss-reactive ketones (excluding diaryl/α,β-unsaturated/α-hetero) is 2. The molecule has 6 rings (SSSR count). The summed E-state index contributed by atoms with van der Waals surface area (Å²) in [4.78, 5) is 66.8. The molecule has 58 heavy (non-hydrogen) atoms. The molecule has 1 saturated heterocycles. The minimum absolute atomic E-state index is 0.0947. The van der Waals surface area contributed by atoms with E-state index in [-0.39, 0.29) is 11.1 Å². The number of ether oxygens (including phenoxy) is 5. The highest BCUT2D eigenvalue weighted by Crippen LogP contribution is 2.55. The molecular weight excluding hydrogens is 781 g/mol. The van der Waals surface area contributed by atoms with Crippen LogP contribution in [0.2, 0.25) is 0 Å². The number of methoxy groups -OCH3 is 1. The molecule has 1 heterocycles. The van der Waals surface area contributed by atoms with Crippen molar-refractivity contribution >= 4 is 29.5 Å². The van der Waals surface area contributed by atoms with Gasteiger partial charge in [0.05, 0.1) is 17.8 Å². The molecule has 16 nitrogen and oxygen atoms in total. The van der Waals surface area contributed by atoms with Gasteiger partial charge in [-0.05, 0) is 25.5 Å². The fourth-order valence-electron chi connectivity index (χ4n) is 8.45. The maximum absolute atomic E-state index is 14.6. The number of esters is 3. The monoisotopic (exact) mass is 820 g/mol. The number of aromatic hydroxyl groups is 1. The zero-order valence-corrected chi connectivity index (χ0v) is 31.3. The molecule has 0 spiro atoms. The van der Waals surface area contributed by atoms with E-state index >= 15 is 0 Å². The minimum atomic E-state index is -5.36. The number of benzene rings is 2. The molecule has 2 aromatic carbocycles. The largest absolute Gasteiger partial charge is 0.507 e. The van der Waals surface area contributed by atoms with Crippen molar-refractivity contribution in [2.24, 2.45) is 0 Å². The van der Waals surface area contributed by atoms with Crippen LogP contribution in [-0.2, 0) is 43.7 Å². The number of rotatable bonds is 7. The summed E-state index contributed by atoms with van der Waals surface area (Å²) in [5.41, 5.74) is -14.7. The molecule has 312 valence electrons. The molecular formula is C39H39F3O16. The van der Waals surface area contributed by atoms with Crippen LogP contribution in [0.5, 0.6) is 5.75 Å². The number of carbonyl (C=O) groups excluding carboxylic acids is 5. The lowest BCUT2D eigenvalue weighted by Crippen LogP contribution is -2.80. The van der Waals surface area contributed by atoms with Crippen LogP contribution in [0, 0.1) is 0 Å². The third-order valence-corrected chi connectivity index (χ3v) is 11.1. The smallest absolute Gasteiger partial charge is 0.432 e. The Morgan fingerprint density at radius 2 is 1.53 bits per heavy atom. The summed E-state index contributed by atoms with van der Waals surface area (Å²) >= 11 is 0. The van der Waals surface area contributed by atoms with Gasteiger partial charge in [-0.25, -0.2) is 4.79 Å². The van der Waals surface area contributed by atoms with Crippen LogP contribution in [0.25, 0.3) is 0 Å². The molecule has 0 saturated carbocycles. The van der Waals surface area contributed by atoms with Gasteiger partial charge in [0.2, 0.25) is 0 Å². The van der Waals surface area contributed by atoms with Crippen LogP contribution in [0.1, 0.15) is 72.1 Å². The standard InChI is InChI=1S/C39H39F3O16/c1-15-13-24(45)36(52)27-26(32(50)34(57-18(4)44)37(36,53)33(15)56-17(3)43)31(49)25-21(30(27)48)12-11-20(29(25)47)22-14-23(28(46)16(2)55-22)58-35(51)38(54-5,39(40,41)42)19-9-7-6-8-10-19/h6-13,16,22-24,28,32-34,45-47,50,52-53H,14H2,1-5H3/t16-,22-,23-,24+,28-,32+,33-,34+,36-,37+,38-/m1/s1. The second-order valence-electron chi connectivity index (χ2n) is 14.5. The van der Waals surface area contributed by atoms with E-state index < -0.39 is 141 Å². The number of phenolic OH excluding ortho intramolecular Hbond substituents is 1. The molecule has 0 radical (unpaired) electrons. The molecule has 3 aliphatic carbocycles. The number of phenols is 1. The SMILES string of the molecule is CO[C@@](C(=O)O[C@@H]1C[C@H](c2ccc3c(c2O)C(=O)C2=C(C3=O)[C@]3(O)[C@@H](O)C=C(C)[C@@H](OC(C)=O)[C@]3(O)[C@@H](OC(C)=O)[C@H]2O)O[C@H](C)[C@H]1O)(c1ccccc1)C(F)(F)F. The van der Waals surface area contributed by atoms with E-state index in [1.165, 1.54) is 32.0 Å². The normalized spacial score (nSPS) is 33.2. The van der Waals surface area contributed by atoms with Gasteiger partial charge < -0.3 is 54.3 Å². The van der Waals surface area contributed by atoms with Gasteiger partial charge in [-0.3, -0.25) is 19.2 Å². The average Bonchev–Trinajstić information content (AvgIpc) is 3.14. The first-order valence-corrected chi connectivity index (χ1v) is 17.8. The van der Waals surface area contributed by atoms with E-state index in [0.29, 0.717) is 7.11 Å². The molecule has 0 bridgehead atoms. The molecule has 1 aliphatic heterocycles. The van der Waals surface area contributed by atoms with Crippen LogP contribution in [-0.4, -0.2) is 127 Å². The van der Waals surface area contributed by atoms with Gasteiger partial charge in [-0.2, -0.15) is 13.2 Å². The number of carbonyl (C=O) groups is 5. The van der Waals surface area contributed by atoms with E-state index in [1.807, 2.05) is 0 Å². The predicted molar refractivity (Wildman–Crippen MR) is 186 cm³/mol. The lowest BCUT2D eigenvalue weighted by molar-refractivity contribution is -0.282. The van der Waals surface area contributed by atoms with Gasteiger partial charge in [0.25, 0.3) is 5.60 Å². The summed E-state index contributed by atoms with van der Waals surface area (Å²) in [6, 6.07) is 7.94. The minimum Gasteiger partial charge on any atom is -0.507 e. The maximum atomic E-state index is 14.6. The summed E-state index contributed by atoms with van der Waals surface area (Å²) in [5, 5.41) is 70.2. The number of alkyl halides is 3. The predicted octanol–water partition coefficient (Wildman–Crippen LogP) is 1.32. The Morgan fingerprint density at radius 3 is 2.10 bits per heavy atom. The molecule has 2 aromatic rings. The third kappa shape index (κ3) is 6.06. The van der Waals surface area contributed by atoms with Crippen LogP contribution in [0.4, 0.5) is 13.2 Å². The van der Waals surface area contributed by atoms with Crippen LogP contribution in [0.15, 0.2) is 65.3 Å². The molecule has 6 N–H and O–H groups in total. The van der Waals surface area contributed by atoms with Crippen molar-refractivity contribution in [3.63, 3.8) is 0 Å². The molecule has 0 amide bonds. The Balaban J connectivity index is 1.42. The number of hydrogen-bond donors (Lipinski definition) is 6. The van der Waals surface area contributed by atoms with Gasteiger partial charge in [-0.15, -0.1) is 0 Å². The quantitative estimate of drug-likeness (QED) is 0.131. The Labute approximate surface area is 327 Å². The fraction of sp³-hybridized carbons (Fsp3) is 0.462. The summed E-state index contributed by atoms with van der Waals surface area (Å²) in [5.74, 6) is -7.81. The number of aliphatic hydroxyl groups is 5. The van der Waals surface area contributed by atoms with Crippen molar-refractivity contribution in [1.29, 1.82) is 0 Å². The van der Waals surface area contributed by atoms with Crippen molar-refractivity contribution < 1.29 is 91.5 Å². The van der Waals surface area contributed by atoms with E-state index in [1.54, 1.807) is 0 Å². The Kier molecular flexibility index (Phi) is 10.8. The number of ketones is 2. The highest BCUT2D eigenvalue weighted by Gasteiger charge is 2.75. The number of hydrogen-bond acceptors (Lipinski definition) is 16. The lowest BCUT2D eigenvalue weighted by Gasteiger charge is -2.58. The van der Waals surface area contributed by atoms with Crippen molar-refractivity contribution in [2.75, 3.05) is 7.11 Å². The zero-order valence-electron chi connectivity index (χ0n) is 31.3. The molecule has 11 atom stereocenters. The number of fused-ring (bicyclic) bond motifs is 3. The summed E-state index contributed by atoms with van der Waals surface area (Å²) in [6.45, 7) is 4.33. The third-order valence-electron chi connectivity index (χ3n) is 11.1. The number of halogens is 3. The van der Waals surface area contributed by atoms with Crippen LogP contribution in [0.3, 0.4) is 0 Å². The Morgan fingerprint density at radius 1 is 0.914 bits per heavy atom.